The summed E-state index contributed by atoms with van der Waals surface area (Å²) in [7, 11) is 0. The fourth-order valence-electron chi connectivity index (χ4n) is 2.60. The molecule has 25 heavy (non-hydrogen) atoms. The van der Waals surface area contributed by atoms with E-state index in [2.05, 4.69) is 37.6 Å². The topological polar surface area (TPSA) is 92.4 Å². The quantitative estimate of drug-likeness (QED) is 0.601. The molecule has 0 bridgehead atoms. The Labute approximate surface area is 150 Å². The number of rotatable bonds is 6. The van der Waals surface area contributed by atoms with E-state index in [0.29, 0.717) is 23.8 Å². The fourth-order valence-corrected chi connectivity index (χ4v) is 2.70. The zero-order valence-electron chi connectivity index (χ0n) is 13.9. The minimum Gasteiger partial charge on any atom is -0.353 e. The molecule has 0 amide bonds. The van der Waals surface area contributed by atoms with Crippen molar-refractivity contribution >= 4 is 30.1 Å². The molecular formula is C16H19N5O3S. The van der Waals surface area contributed by atoms with E-state index in [-0.39, 0.29) is 23.1 Å². The summed E-state index contributed by atoms with van der Waals surface area (Å²) in [6.07, 6.45) is 3.34. The molecule has 2 aromatic heterocycles. The normalized spacial score (nSPS) is 15.4. The summed E-state index contributed by atoms with van der Waals surface area (Å²) >= 11 is 4.01. The first-order valence-corrected chi connectivity index (χ1v) is 8.60. The van der Waals surface area contributed by atoms with Crippen LogP contribution in [0.3, 0.4) is 0 Å². The molecule has 3 rings (SSSR count). The Kier molecular flexibility index (Phi) is 5.44. The molecule has 8 nitrogen and oxygen atoms in total. The Morgan fingerprint density at radius 3 is 2.44 bits per heavy atom. The summed E-state index contributed by atoms with van der Waals surface area (Å²) in [6.45, 7) is 4.97. The number of piperazine rings is 1. The Bertz CT molecular complexity index is 753. The molecular weight excluding hydrogens is 342 g/mol. The molecule has 132 valence electrons. The lowest BCUT2D eigenvalue weighted by Gasteiger charge is -2.34. The highest BCUT2D eigenvalue weighted by atomic mass is 32.1. The molecule has 0 radical (unpaired) electrons. The largest absolute Gasteiger partial charge is 0.353 e. The first-order chi connectivity index (χ1) is 12.1. The van der Waals surface area contributed by atoms with Gasteiger partial charge in [-0.2, -0.15) is 12.6 Å². The van der Waals surface area contributed by atoms with Gasteiger partial charge in [0.25, 0.3) is 0 Å². The third kappa shape index (κ3) is 4.23. The Morgan fingerprint density at radius 2 is 1.88 bits per heavy atom. The van der Waals surface area contributed by atoms with Crippen molar-refractivity contribution < 1.29 is 14.1 Å². The molecule has 0 atom stereocenters. The number of hydrogen-bond donors (Lipinski definition) is 1. The number of anilines is 1. The van der Waals surface area contributed by atoms with Crippen molar-refractivity contribution in [1.82, 2.24) is 20.0 Å². The number of aromatic nitrogens is 3. The summed E-state index contributed by atoms with van der Waals surface area (Å²) in [4.78, 5) is 35.7. The molecule has 0 spiro atoms. The van der Waals surface area contributed by atoms with Crippen LogP contribution in [-0.2, 0) is 4.79 Å². The number of Topliss-reactive ketones (excluding diaryl/α,β-unsaturated/α-hetero) is 2. The Balaban J connectivity index is 1.61. The second-order valence-electron chi connectivity index (χ2n) is 5.86. The van der Waals surface area contributed by atoms with Gasteiger partial charge in [0, 0.05) is 57.1 Å². The van der Waals surface area contributed by atoms with Crippen LogP contribution in [0.1, 0.15) is 17.5 Å². The van der Waals surface area contributed by atoms with E-state index in [1.54, 1.807) is 18.5 Å². The summed E-state index contributed by atoms with van der Waals surface area (Å²) in [5.74, 6) is 1.09. The van der Waals surface area contributed by atoms with E-state index in [1.807, 2.05) is 0 Å². The van der Waals surface area contributed by atoms with Gasteiger partial charge in [-0.15, -0.1) is 0 Å². The first kappa shape index (κ1) is 17.6. The van der Waals surface area contributed by atoms with Crippen LogP contribution in [0.4, 0.5) is 5.95 Å². The van der Waals surface area contributed by atoms with Gasteiger partial charge in [0.2, 0.25) is 11.7 Å². The predicted octanol–water partition coefficient (Wildman–Crippen LogP) is 0.955. The lowest BCUT2D eigenvalue weighted by Crippen LogP contribution is -2.48. The van der Waals surface area contributed by atoms with Gasteiger partial charge in [0.15, 0.2) is 11.6 Å². The second-order valence-corrected chi connectivity index (χ2v) is 6.18. The Hall–Kier alpha value is -2.26. The zero-order valence-corrected chi connectivity index (χ0v) is 14.8. The molecule has 3 heterocycles. The molecule has 0 unspecified atom stereocenters. The SMILES string of the molecule is CC(=O)c1cc(-c2cnc(N3CCN(CC(=O)CS)CC3)nc2)no1. The molecule has 0 aromatic carbocycles. The lowest BCUT2D eigenvalue weighted by atomic mass is 10.2. The van der Waals surface area contributed by atoms with Gasteiger partial charge < -0.3 is 9.42 Å². The maximum atomic E-state index is 11.5. The van der Waals surface area contributed by atoms with Gasteiger partial charge in [-0.05, 0) is 0 Å². The molecule has 2 aromatic rings. The number of nitrogens with zero attached hydrogens (tertiary/aromatic N) is 5. The van der Waals surface area contributed by atoms with Gasteiger partial charge in [-0.1, -0.05) is 5.16 Å². The molecule has 0 N–H and O–H groups in total. The predicted molar refractivity (Wildman–Crippen MR) is 95.0 cm³/mol. The van der Waals surface area contributed by atoms with E-state index in [9.17, 15) is 9.59 Å². The van der Waals surface area contributed by atoms with Crippen LogP contribution in [0.15, 0.2) is 23.0 Å². The van der Waals surface area contributed by atoms with Gasteiger partial charge in [-0.3, -0.25) is 14.5 Å². The van der Waals surface area contributed by atoms with Crippen molar-refractivity contribution in [3.63, 3.8) is 0 Å². The molecule has 1 aliphatic heterocycles. The van der Waals surface area contributed by atoms with Gasteiger partial charge in [0.1, 0.15) is 5.69 Å². The number of hydrogen-bond acceptors (Lipinski definition) is 9. The smallest absolute Gasteiger partial charge is 0.225 e. The monoisotopic (exact) mass is 361 g/mol. The van der Waals surface area contributed by atoms with Crippen molar-refractivity contribution in [3.8, 4) is 11.3 Å². The highest BCUT2D eigenvalue weighted by Gasteiger charge is 2.20. The lowest BCUT2D eigenvalue weighted by molar-refractivity contribution is -0.117. The van der Waals surface area contributed by atoms with Gasteiger partial charge >= 0.3 is 0 Å². The summed E-state index contributed by atoms with van der Waals surface area (Å²) in [5, 5.41) is 3.86. The maximum absolute atomic E-state index is 11.5. The van der Waals surface area contributed by atoms with Crippen LogP contribution in [-0.4, -0.2) is 70.1 Å². The highest BCUT2D eigenvalue weighted by molar-refractivity contribution is 7.81. The van der Waals surface area contributed by atoms with E-state index in [0.717, 1.165) is 26.2 Å². The molecule has 1 saturated heterocycles. The third-order valence-electron chi connectivity index (χ3n) is 4.02. The number of carbonyl (C=O) groups is 2. The number of ketones is 2. The maximum Gasteiger partial charge on any atom is 0.225 e. The van der Waals surface area contributed by atoms with Crippen LogP contribution in [0.5, 0.6) is 0 Å². The summed E-state index contributed by atoms with van der Waals surface area (Å²) in [5.41, 5.74) is 1.23. The molecule has 0 aliphatic carbocycles. The zero-order chi connectivity index (χ0) is 17.8. The Morgan fingerprint density at radius 1 is 1.20 bits per heavy atom. The number of thiol groups is 1. The minimum absolute atomic E-state index is 0.134. The van der Waals surface area contributed by atoms with Crippen molar-refractivity contribution in [2.24, 2.45) is 0 Å². The van der Waals surface area contributed by atoms with E-state index in [4.69, 9.17) is 4.52 Å². The molecule has 1 fully saturated rings. The molecule has 0 saturated carbocycles. The van der Waals surface area contributed by atoms with Gasteiger partial charge in [0.05, 0.1) is 12.3 Å². The van der Waals surface area contributed by atoms with Crippen LogP contribution in [0.2, 0.25) is 0 Å². The van der Waals surface area contributed by atoms with Gasteiger partial charge in [-0.25, -0.2) is 9.97 Å². The van der Waals surface area contributed by atoms with Crippen molar-refractivity contribution in [2.45, 2.75) is 6.92 Å². The fraction of sp³-hybridized carbons (Fsp3) is 0.438. The second kappa shape index (κ2) is 7.75. The number of carbonyl (C=O) groups excluding carboxylic acids is 2. The molecule has 9 heteroatoms. The highest BCUT2D eigenvalue weighted by Crippen LogP contribution is 2.19. The van der Waals surface area contributed by atoms with Crippen LogP contribution >= 0.6 is 12.6 Å². The minimum atomic E-state index is -0.175. The first-order valence-electron chi connectivity index (χ1n) is 7.96. The van der Waals surface area contributed by atoms with Crippen LogP contribution in [0.25, 0.3) is 11.3 Å². The summed E-state index contributed by atoms with van der Waals surface area (Å²) < 4.78 is 4.98. The van der Waals surface area contributed by atoms with E-state index < -0.39 is 0 Å². The standard InChI is InChI=1S/C16H19N5O3S/c1-11(22)15-6-14(19-24-15)12-7-17-16(18-8-12)21-4-2-20(3-5-21)9-13(23)10-25/h6-8,25H,2-5,9-10H2,1H3. The van der Waals surface area contributed by atoms with Crippen molar-refractivity contribution in [1.29, 1.82) is 0 Å². The van der Waals surface area contributed by atoms with Crippen LogP contribution < -0.4 is 4.90 Å². The van der Waals surface area contributed by atoms with Crippen molar-refractivity contribution in [2.75, 3.05) is 43.4 Å². The van der Waals surface area contributed by atoms with E-state index >= 15 is 0 Å². The van der Waals surface area contributed by atoms with Crippen LogP contribution in [0, 0.1) is 0 Å². The van der Waals surface area contributed by atoms with E-state index in [1.165, 1.54) is 6.92 Å². The average molecular weight is 361 g/mol. The third-order valence-corrected chi connectivity index (χ3v) is 4.38. The van der Waals surface area contributed by atoms with Crippen molar-refractivity contribution in [3.05, 3.63) is 24.2 Å². The molecule has 1 aliphatic rings. The summed E-state index contributed by atoms with van der Waals surface area (Å²) in [6, 6.07) is 1.58. The average Bonchev–Trinajstić information content (AvgIpc) is 3.13.